The lowest BCUT2D eigenvalue weighted by molar-refractivity contribution is 0.0662. The summed E-state index contributed by atoms with van der Waals surface area (Å²) in [7, 11) is 0. The molecule has 6 heteroatoms. The van der Waals surface area contributed by atoms with Crippen molar-refractivity contribution in [2.45, 2.75) is 39.3 Å². The first-order valence-corrected chi connectivity index (χ1v) is 8.85. The third kappa shape index (κ3) is 3.80. The second-order valence-electron chi connectivity index (χ2n) is 6.74. The summed E-state index contributed by atoms with van der Waals surface area (Å²) in [5.41, 5.74) is 2.37. The molecule has 0 spiro atoms. The lowest BCUT2D eigenvalue weighted by atomic mass is 10.0. The molecule has 3 rings (SSSR count). The number of carbonyl (C=O) groups excluding carboxylic acids is 2. The number of aliphatic hydroxyl groups excluding tert-OH is 1. The van der Waals surface area contributed by atoms with E-state index >= 15 is 0 Å². The molecular weight excluding hydrogens is 332 g/mol. The largest absolute Gasteiger partial charge is 0.453 e. The molecule has 2 amide bonds. The Morgan fingerprint density at radius 1 is 1.19 bits per heavy atom. The number of likely N-dealkylation sites (tertiary alicyclic amines) is 1. The highest BCUT2D eigenvalue weighted by atomic mass is 16.4. The molecule has 0 atom stereocenters. The Morgan fingerprint density at radius 3 is 2.50 bits per heavy atom. The third-order valence-electron chi connectivity index (χ3n) is 4.83. The minimum atomic E-state index is -0.221. The smallest absolute Gasteiger partial charge is 0.289 e. The normalized spacial score (nSPS) is 15.1. The van der Waals surface area contributed by atoms with Gasteiger partial charge in [-0.15, -0.1) is 0 Å². The quantitative estimate of drug-likeness (QED) is 0.881. The average molecular weight is 356 g/mol. The van der Waals surface area contributed by atoms with Crippen LogP contribution >= 0.6 is 0 Å². The maximum atomic E-state index is 12.6. The third-order valence-corrected chi connectivity index (χ3v) is 4.83. The van der Waals surface area contributed by atoms with Gasteiger partial charge >= 0.3 is 0 Å². The number of aryl methyl sites for hydroxylation is 2. The molecular formula is C20H24N2O4. The van der Waals surface area contributed by atoms with E-state index in [2.05, 4.69) is 5.32 Å². The van der Waals surface area contributed by atoms with Crippen LogP contribution in [0.3, 0.4) is 0 Å². The molecule has 1 aliphatic rings. The van der Waals surface area contributed by atoms with Crippen molar-refractivity contribution < 1.29 is 19.1 Å². The monoisotopic (exact) mass is 356 g/mol. The highest BCUT2D eigenvalue weighted by Crippen LogP contribution is 2.20. The van der Waals surface area contributed by atoms with Gasteiger partial charge in [0.15, 0.2) is 5.76 Å². The molecule has 0 radical (unpaired) electrons. The van der Waals surface area contributed by atoms with Crippen molar-refractivity contribution in [3.05, 3.63) is 58.5 Å². The maximum absolute atomic E-state index is 12.6. The summed E-state index contributed by atoms with van der Waals surface area (Å²) in [5.74, 6) is 0.455. The molecule has 1 aromatic carbocycles. The fraction of sp³-hybridized carbons (Fsp3) is 0.400. The Balaban J connectivity index is 1.57. The molecule has 26 heavy (non-hydrogen) atoms. The van der Waals surface area contributed by atoms with E-state index in [-0.39, 0.29) is 30.2 Å². The first-order chi connectivity index (χ1) is 12.5. The summed E-state index contributed by atoms with van der Waals surface area (Å²) in [6.45, 7) is 4.62. The van der Waals surface area contributed by atoms with Crippen molar-refractivity contribution in [1.29, 1.82) is 0 Å². The van der Waals surface area contributed by atoms with Gasteiger partial charge in [0.1, 0.15) is 12.4 Å². The molecule has 1 aromatic heterocycles. The summed E-state index contributed by atoms with van der Waals surface area (Å²) in [6, 6.07) is 9.24. The van der Waals surface area contributed by atoms with Gasteiger partial charge in [-0.1, -0.05) is 18.2 Å². The number of aliphatic hydroxyl groups is 1. The number of nitrogens with one attached hydrogen (secondary N) is 1. The zero-order chi connectivity index (χ0) is 18.7. The van der Waals surface area contributed by atoms with Crippen LogP contribution in [-0.4, -0.2) is 41.0 Å². The number of amides is 2. The van der Waals surface area contributed by atoms with Gasteiger partial charge in [-0.05, 0) is 44.4 Å². The van der Waals surface area contributed by atoms with Crippen molar-refractivity contribution in [1.82, 2.24) is 10.2 Å². The molecule has 138 valence electrons. The van der Waals surface area contributed by atoms with Crippen LogP contribution in [0, 0.1) is 13.8 Å². The average Bonchev–Trinajstić information content (AvgIpc) is 3.03. The van der Waals surface area contributed by atoms with E-state index < -0.39 is 0 Å². The van der Waals surface area contributed by atoms with Crippen LogP contribution in [0.1, 0.15) is 50.6 Å². The van der Waals surface area contributed by atoms with Crippen LogP contribution in [0.4, 0.5) is 0 Å². The summed E-state index contributed by atoms with van der Waals surface area (Å²) in [6.07, 6.45) is 1.41. The first kappa shape index (κ1) is 18.2. The maximum Gasteiger partial charge on any atom is 0.289 e. The van der Waals surface area contributed by atoms with E-state index in [1.165, 1.54) is 0 Å². The van der Waals surface area contributed by atoms with Crippen LogP contribution in [0.25, 0.3) is 0 Å². The number of nitrogens with zero attached hydrogens (tertiary/aromatic N) is 1. The van der Waals surface area contributed by atoms with Crippen molar-refractivity contribution in [3.8, 4) is 0 Å². The van der Waals surface area contributed by atoms with Gasteiger partial charge in [0, 0.05) is 30.3 Å². The summed E-state index contributed by atoms with van der Waals surface area (Å²) >= 11 is 0. The van der Waals surface area contributed by atoms with Gasteiger partial charge in [-0.25, -0.2) is 0 Å². The molecule has 1 fully saturated rings. The van der Waals surface area contributed by atoms with Crippen LogP contribution in [-0.2, 0) is 6.61 Å². The SMILES string of the molecule is Cc1ccccc1C(=O)NC1CCN(C(=O)c2oc(CO)cc2C)CC1. The predicted molar refractivity (Wildman–Crippen MR) is 96.9 cm³/mol. The molecule has 2 aromatic rings. The van der Waals surface area contributed by atoms with Crippen LogP contribution in [0.2, 0.25) is 0 Å². The number of furan rings is 1. The molecule has 2 heterocycles. The van der Waals surface area contributed by atoms with E-state index in [0.29, 0.717) is 37.3 Å². The zero-order valence-electron chi connectivity index (χ0n) is 15.1. The van der Waals surface area contributed by atoms with Gasteiger partial charge in [0.2, 0.25) is 0 Å². The second-order valence-corrected chi connectivity index (χ2v) is 6.74. The molecule has 1 saturated heterocycles. The zero-order valence-corrected chi connectivity index (χ0v) is 15.1. The Hall–Kier alpha value is -2.60. The fourth-order valence-corrected chi connectivity index (χ4v) is 3.30. The Morgan fingerprint density at radius 2 is 1.88 bits per heavy atom. The molecule has 1 aliphatic heterocycles. The lowest BCUT2D eigenvalue weighted by Crippen LogP contribution is -2.46. The summed E-state index contributed by atoms with van der Waals surface area (Å²) in [4.78, 5) is 26.8. The second kappa shape index (κ2) is 7.74. The number of carbonyl (C=O) groups is 2. The molecule has 0 bridgehead atoms. The van der Waals surface area contributed by atoms with Gasteiger partial charge in [0.05, 0.1) is 0 Å². The molecule has 6 nitrogen and oxygen atoms in total. The van der Waals surface area contributed by atoms with Crippen molar-refractivity contribution in [2.75, 3.05) is 13.1 Å². The van der Waals surface area contributed by atoms with Crippen molar-refractivity contribution in [2.24, 2.45) is 0 Å². The fourth-order valence-electron chi connectivity index (χ4n) is 3.30. The number of benzene rings is 1. The van der Waals surface area contributed by atoms with Gasteiger partial charge < -0.3 is 19.7 Å². The van der Waals surface area contributed by atoms with Gasteiger partial charge in [-0.3, -0.25) is 9.59 Å². The van der Waals surface area contributed by atoms with Crippen molar-refractivity contribution in [3.63, 3.8) is 0 Å². The summed E-state index contributed by atoms with van der Waals surface area (Å²) < 4.78 is 5.43. The minimum Gasteiger partial charge on any atom is -0.453 e. The van der Waals surface area contributed by atoms with Gasteiger partial charge in [0.25, 0.3) is 11.8 Å². The standard InChI is InChI=1S/C20H24N2O4/c1-13-5-3-4-6-17(13)19(24)21-15-7-9-22(10-8-15)20(25)18-14(2)11-16(12-23)26-18/h3-6,11,15,23H,7-10,12H2,1-2H3,(H,21,24). The predicted octanol–water partition coefficient (Wildman–Crippen LogP) is 2.42. The van der Waals surface area contributed by atoms with Crippen LogP contribution < -0.4 is 5.32 Å². The Kier molecular flexibility index (Phi) is 5.42. The van der Waals surface area contributed by atoms with Gasteiger partial charge in [-0.2, -0.15) is 0 Å². The molecule has 0 aliphatic carbocycles. The highest BCUT2D eigenvalue weighted by Gasteiger charge is 2.27. The van der Waals surface area contributed by atoms with E-state index in [1.54, 1.807) is 17.9 Å². The lowest BCUT2D eigenvalue weighted by Gasteiger charge is -2.32. The number of piperidine rings is 1. The highest BCUT2D eigenvalue weighted by molar-refractivity contribution is 5.96. The van der Waals surface area contributed by atoms with Crippen LogP contribution in [0.5, 0.6) is 0 Å². The van der Waals surface area contributed by atoms with E-state index in [9.17, 15) is 9.59 Å². The first-order valence-electron chi connectivity index (χ1n) is 8.85. The number of rotatable bonds is 4. The van der Waals surface area contributed by atoms with E-state index in [1.807, 2.05) is 31.2 Å². The summed E-state index contributed by atoms with van der Waals surface area (Å²) in [5, 5.41) is 12.2. The van der Waals surface area contributed by atoms with Crippen molar-refractivity contribution >= 4 is 11.8 Å². The molecule has 0 saturated carbocycles. The number of hydrogen-bond acceptors (Lipinski definition) is 4. The molecule has 2 N–H and O–H groups in total. The van der Waals surface area contributed by atoms with E-state index in [4.69, 9.17) is 9.52 Å². The Labute approximate surface area is 152 Å². The Bertz CT molecular complexity index is 804. The topological polar surface area (TPSA) is 82.8 Å². The van der Waals surface area contributed by atoms with Crippen LogP contribution in [0.15, 0.2) is 34.7 Å². The minimum absolute atomic E-state index is 0.0526. The molecule has 0 unspecified atom stereocenters. The van der Waals surface area contributed by atoms with E-state index in [0.717, 1.165) is 11.1 Å². The number of hydrogen-bond donors (Lipinski definition) is 2.